The Balaban J connectivity index is 2.43. The molecule has 5 heteroatoms. The Labute approximate surface area is 131 Å². The quantitative estimate of drug-likeness (QED) is 0.784. The topological polar surface area (TPSA) is 81.0 Å². The number of rotatable bonds is 2. The summed E-state index contributed by atoms with van der Waals surface area (Å²) >= 11 is 0. The third-order valence-corrected chi connectivity index (χ3v) is 4.51. The van der Waals surface area contributed by atoms with Gasteiger partial charge in [-0.15, -0.1) is 0 Å². The van der Waals surface area contributed by atoms with Crippen LogP contribution in [0.5, 0.6) is 0 Å². The third-order valence-electron chi connectivity index (χ3n) is 4.51. The first-order valence-corrected chi connectivity index (χ1v) is 7.60. The molecular weight excluding hydrogens is 282 g/mol. The number of hydrogen-bond donors (Lipinski definition) is 3. The van der Waals surface area contributed by atoms with Gasteiger partial charge in [0.2, 0.25) is 0 Å². The average molecular weight is 307 g/mol. The minimum atomic E-state index is -1.12. The van der Waals surface area contributed by atoms with E-state index >= 15 is 0 Å². The van der Waals surface area contributed by atoms with Crippen LogP contribution in [-0.4, -0.2) is 38.9 Å². The highest BCUT2D eigenvalue weighted by Crippen LogP contribution is 2.40. The van der Waals surface area contributed by atoms with Gasteiger partial charge in [0.05, 0.1) is 11.2 Å². The Morgan fingerprint density at radius 2 is 2.05 bits per heavy atom. The van der Waals surface area contributed by atoms with E-state index in [0.29, 0.717) is 24.0 Å². The molecule has 5 nitrogen and oxygen atoms in total. The first-order valence-electron chi connectivity index (χ1n) is 7.60. The standard InChI is InChI=1S/C17H25NO4/c1-11-5-6-13(16(3,4)21)14(9-11)17(22)7-8-18(15(19)20)12(2)10-17/h5-6,9,12,21-22H,7-8,10H2,1-4H3,(H,19,20)/t12-,17?/m0/s1. The largest absolute Gasteiger partial charge is 0.465 e. The number of likely N-dealkylation sites (tertiary alicyclic amines) is 1. The van der Waals surface area contributed by atoms with Gasteiger partial charge in [-0.3, -0.25) is 0 Å². The predicted molar refractivity (Wildman–Crippen MR) is 83.7 cm³/mol. The lowest BCUT2D eigenvalue weighted by Gasteiger charge is -2.43. The minimum absolute atomic E-state index is 0.272. The molecule has 1 heterocycles. The molecule has 2 atom stereocenters. The highest BCUT2D eigenvalue weighted by molar-refractivity contribution is 5.65. The molecule has 1 saturated heterocycles. The zero-order chi connectivity index (χ0) is 16.7. The highest BCUT2D eigenvalue weighted by Gasteiger charge is 2.42. The van der Waals surface area contributed by atoms with Crippen molar-refractivity contribution in [1.82, 2.24) is 4.90 Å². The number of carbonyl (C=O) groups is 1. The zero-order valence-electron chi connectivity index (χ0n) is 13.6. The van der Waals surface area contributed by atoms with Crippen molar-refractivity contribution in [2.75, 3.05) is 6.54 Å². The van der Waals surface area contributed by atoms with E-state index in [0.717, 1.165) is 5.56 Å². The van der Waals surface area contributed by atoms with Crippen molar-refractivity contribution < 1.29 is 20.1 Å². The number of nitrogens with zero attached hydrogens (tertiary/aromatic N) is 1. The SMILES string of the molecule is Cc1ccc(C(C)(C)O)c(C2(O)CCN(C(=O)O)[C@@H](C)C2)c1. The van der Waals surface area contributed by atoms with E-state index in [1.165, 1.54) is 4.90 Å². The summed E-state index contributed by atoms with van der Waals surface area (Å²) in [5.74, 6) is 0. The normalized spacial score (nSPS) is 26.1. The van der Waals surface area contributed by atoms with Gasteiger partial charge in [-0.1, -0.05) is 23.8 Å². The summed E-state index contributed by atoms with van der Waals surface area (Å²) in [6, 6.07) is 5.38. The monoisotopic (exact) mass is 307 g/mol. The molecule has 1 aliphatic rings. The predicted octanol–water partition coefficient (Wildman–Crippen LogP) is 2.57. The Morgan fingerprint density at radius 3 is 2.55 bits per heavy atom. The Morgan fingerprint density at radius 1 is 1.41 bits per heavy atom. The highest BCUT2D eigenvalue weighted by atomic mass is 16.4. The first kappa shape index (κ1) is 16.8. The minimum Gasteiger partial charge on any atom is -0.465 e. The van der Waals surface area contributed by atoms with Crippen molar-refractivity contribution in [3.63, 3.8) is 0 Å². The molecule has 0 aromatic heterocycles. The van der Waals surface area contributed by atoms with Crippen molar-refractivity contribution in [3.8, 4) is 0 Å². The molecule has 1 unspecified atom stereocenters. The molecule has 22 heavy (non-hydrogen) atoms. The molecule has 1 aromatic carbocycles. The van der Waals surface area contributed by atoms with Crippen molar-refractivity contribution in [1.29, 1.82) is 0 Å². The molecule has 0 spiro atoms. The van der Waals surface area contributed by atoms with E-state index in [-0.39, 0.29) is 12.6 Å². The van der Waals surface area contributed by atoms with Gasteiger partial charge in [0.1, 0.15) is 0 Å². The fraction of sp³-hybridized carbons (Fsp3) is 0.588. The van der Waals surface area contributed by atoms with Gasteiger partial charge < -0.3 is 20.2 Å². The lowest BCUT2D eigenvalue weighted by Crippen LogP contribution is -2.50. The maximum absolute atomic E-state index is 11.2. The maximum Gasteiger partial charge on any atom is 0.407 e. The molecule has 1 amide bonds. The average Bonchev–Trinajstić information content (AvgIpc) is 2.36. The van der Waals surface area contributed by atoms with Crippen LogP contribution in [0, 0.1) is 6.92 Å². The summed E-state index contributed by atoms with van der Waals surface area (Å²) in [6.45, 7) is 7.42. The lowest BCUT2D eigenvalue weighted by molar-refractivity contribution is -0.0450. The van der Waals surface area contributed by atoms with Crippen LogP contribution in [0.4, 0.5) is 4.79 Å². The molecule has 0 bridgehead atoms. The summed E-state index contributed by atoms with van der Waals surface area (Å²) in [6.07, 6.45) is -0.302. The molecule has 1 aromatic rings. The second-order valence-electron chi connectivity index (χ2n) is 6.92. The van der Waals surface area contributed by atoms with Crippen LogP contribution in [0.25, 0.3) is 0 Å². The van der Waals surface area contributed by atoms with Crippen LogP contribution >= 0.6 is 0 Å². The Bertz CT molecular complexity index is 579. The number of carboxylic acid groups (broad SMARTS) is 1. The maximum atomic E-state index is 11.2. The number of hydrogen-bond acceptors (Lipinski definition) is 3. The number of piperidine rings is 1. The van der Waals surface area contributed by atoms with Gasteiger partial charge in [0, 0.05) is 19.0 Å². The first-order chi connectivity index (χ1) is 10.0. The Hall–Kier alpha value is -1.59. The molecule has 1 aliphatic heterocycles. The summed E-state index contributed by atoms with van der Waals surface area (Å²) < 4.78 is 0. The summed E-state index contributed by atoms with van der Waals surface area (Å²) in [5.41, 5.74) is 0.219. The van der Waals surface area contributed by atoms with Crippen LogP contribution in [0.1, 0.15) is 50.3 Å². The fourth-order valence-corrected chi connectivity index (χ4v) is 3.33. The van der Waals surface area contributed by atoms with Crippen LogP contribution < -0.4 is 0 Å². The second kappa shape index (κ2) is 5.56. The van der Waals surface area contributed by atoms with E-state index in [2.05, 4.69) is 0 Å². The number of aliphatic hydroxyl groups is 2. The third kappa shape index (κ3) is 3.10. The fourth-order valence-electron chi connectivity index (χ4n) is 3.33. The summed E-state index contributed by atoms with van der Waals surface area (Å²) in [5, 5.41) is 30.7. The number of aryl methyl sites for hydroxylation is 1. The lowest BCUT2D eigenvalue weighted by atomic mass is 9.76. The smallest absolute Gasteiger partial charge is 0.407 e. The molecule has 0 saturated carbocycles. The van der Waals surface area contributed by atoms with E-state index in [9.17, 15) is 20.1 Å². The van der Waals surface area contributed by atoms with E-state index < -0.39 is 17.3 Å². The van der Waals surface area contributed by atoms with Gasteiger partial charge in [-0.05, 0) is 45.2 Å². The van der Waals surface area contributed by atoms with E-state index in [1.54, 1.807) is 20.8 Å². The molecule has 3 N–H and O–H groups in total. The van der Waals surface area contributed by atoms with Gasteiger partial charge in [-0.2, -0.15) is 0 Å². The van der Waals surface area contributed by atoms with Crippen molar-refractivity contribution in [2.45, 2.75) is 57.8 Å². The van der Waals surface area contributed by atoms with Gasteiger partial charge >= 0.3 is 6.09 Å². The summed E-state index contributed by atoms with van der Waals surface area (Å²) in [4.78, 5) is 12.6. The number of benzene rings is 1. The van der Waals surface area contributed by atoms with Gasteiger partial charge in [-0.25, -0.2) is 4.79 Å². The molecule has 122 valence electrons. The van der Waals surface area contributed by atoms with Gasteiger partial charge in [0.25, 0.3) is 0 Å². The molecule has 1 fully saturated rings. The van der Waals surface area contributed by atoms with Crippen LogP contribution in [0.15, 0.2) is 18.2 Å². The molecular formula is C17H25NO4. The van der Waals surface area contributed by atoms with E-state index in [1.807, 2.05) is 25.1 Å². The van der Waals surface area contributed by atoms with Crippen molar-refractivity contribution in [3.05, 3.63) is 34.9 Å². The van der Waals surface area contributed by atoms with Crippen LogP contribution in [-0.2, 0) is 11.2 Å². The molecule has 0 aliphatic carbocycles. The Kier molecular flexibility index (Phi) is 4.24. The molecule has 0 radical (unpaired) electrons. The van der Waals surface area contributed by atoms with Crippen molar-refractivity contribution >= 4 is 6.09 Å². The van der Waals surface area contributed by atoms with E-state index in [4.69, 9.17) is 0 Å². The second-order valence-corrected chi connectivity index (χ2v) is 6.92. The van der Waals surface area contributed by atoms with Crippen LogP contribution in [0.2, 0.25) is 0 Å². The number of amides is 1. The zero-order valence-corrected chi connectivity index (χ0v) is 13.6. The van der Waals surface area contributed by atoms with Crippen LogP contribution in [0.3, 0.4) is 0 Å². The molecule has 2 rings (SSSR count). The van der Waals surface area contributed by atoms with Gasteiger partial charge in [0.15, 0.2) is 0 Å². The summed E-state index contributed by atoms with van der Waals surface area (Å²) in [7, 11) is 0. The van der Waals surface area contributed by atoms with Crippen molar-refractivity contribution in [2.24, 2.45) is 0 Å².